The first-order chi connectivity index (χ1) is 5.74. The number of hydrogen-bond acceptors (Lipinski definition) is 2. The quantitative estimate of drug-likeness (QED) is 0.523. The minimum absolute atomic E-state index is 0.0849. The molecule has 0 saturated carbocycles. The van der Waals surface area contributed by atoms with E-state index in [1.165, 1.54) is 17.7 Å². The van der Waals surface area contributed by atoms with Gasteiger partial charge in [0, 0.05) is 17.7 Å². The molecule has 3 nitrogen and oxygen atoms in total. The molecule has 12 heavy (non-hydrogen) atoms. The largest absolute Gasteiger partial charge is 0.269 e. The lowest BCUT2D eigenvalue weighted by molar-refractivity contribution is -0.384. The van der Waals surface area contributed by atoms with Crippen molar-refractivity contribution in [2.45, 2.75) is 0 Å². The van der Waals surface area contributed by atoms with Crippen LogP contribution in [0.3, 0.4) is 0 Å². The monoisotopic (exact) mass is 183 g/mol. The van der Waals surface area contributed by atoms with Crippen LogP contribution >= 0.6 is 11.6 Å². The summed E-state index contributed by atoms with van der Waals surface area (Å²) >= 11 is 5.32. The van der Waals surface area contributed by atoms with E-state index >= 15 is 0 Å². The van der Waals surface area contributed by atoms with Gasteiger partial charge in [0.05, 0.1) is 4.92 Å². The lowest BCUT2D eigenvalue weighted by Crippen LogP contribution is -1.86. The average molecular weight is 184 g/mol. The third kappa shape index (κ3) is 2.07. The molecule has 0 radical (unpaired) electrons. The Bertz CT molecular complexity index is 305. The molecule has 0 aliphatic rings. The molecule has 0 aromatic heterocycles. The smallest absolute Gasteiger partial charge is 0.258 e. The van der Waals surface area contributed by atoms with E-state index in [0.717, 1.165) is 5.56 Å². The van der Waals surface area contributed by atoms with Gasteiger partial charge in [0.15, 0.2) is 0 Å². The van der Waals surface area contributed by atoms with E-state index in [4.69, 9.17) is 11.6 Å². The normalized spacial score (nSPS) is 10.4. The van der Waals surface area contributed by atoms with Gasteiger partial charge in [0.25, 0.3) is 5.69 Å². The molecule has 0 unspecified atom stereocenters. The first-order valence-corrected chi connectivity index (χ1v) is 3.69. The van der Waals surface area contributed by atoms with Crippen LogP contribution in [-0.2, 0) is 0 Å². The van der Waals surface area contributed by atoms with Gasteiger partial charge in [-0.15, -0.1) is 0 Å². The van der Waals surface area contributed by atoms with Crippen molar-refractivity contribution in [2.75, 3.05) is 0 Å². The Balaban J connectivity index is 2.93. The first kappa shape index (κ1) is 8.74. The van der Waals surface area contributed by atoms with Crippen molar-refractivity contribution >= 4 is 23.4 Å². The standard InChI is InChI=1S/C8H6ClNO2/c9-6-5-7-1-3-8(4-2-7)10(11)12/h1-6H/b6-5-. The molecular formula is C8H6ClNO2. The number of rotatable bonds is 2. The van der Waals surface area contributed by atoms with Crippen molar-refractivity contribution in [3.8, 4) is 0 Å². The third-order valence-corrected chi connectivity index (χ3v) is 1.49. The number of benzene rings is 1. The number of halogens is 1. The van der Waals surface area contributed by atoms with Crippen LogP contribution in [0, 0.1) is 10.1 Å². The van der Waals surface area contributed by atoms with E-state index in [0.29, 0.717) is 0 Å². The number of nitro groups is 1. The van der Waals surface area contributed by atoms with E-state index in [1.54, 1.807) is 18.2 Å². The van der Waals surface area contributed by atoms with Gasteiger partial charge in [-0.1, -0.05) is 11.6 Å². The van der Waals surface area contributed by atoms with Crippen molar-refractivity contribution in [1.29, 1.82) is 0 Å². The van der Waals surface area contributed by atoms with Crippen LogP contribution in [0.5, 0.6) is 0 Å². The number of nitro benzene ring substituents is 1. The minimum Gasteiger partial charge on any atom is -0.258 e. The van der Waals surface area contributed by atoms with Crippen molar-refractivity contribution < 1.29 is 4.92 Å². The van der Waals surface area contributed by atoms with Crippen LogP contribution in [-0.4, -0.2) is 4.92 Å². The summed E-state index contributed by atoms with van der Waals surface area (Å²) in [6.07, 6.45) is 1.66. The summed E-state index contributed by atoms with van der Waals surface area (Å²) in [6.45, 7) is 0. The van der Waals surface area contributed by atoms with Crippen LogP contribution in [0.2, 0.25) is 0 Å². The second-order valence-corrected chi connectivity index (χ2v) is 2.39. The lowest BCUT2D eigenvalue weighted by Gasteiger charge is -1.91. The predicted octanol–water partition coefficient (Wildman–Crippen LogP) is 2.80. The molecule has 62 valence electrons. The van der Waals surface area contributed by atoms with Crippen molar-refractivity contribution in [2.24, 2.45) is 0 Å². The summed E-state index contributed by atoms with van der Waals surface area (Å²) in [5.74, 6) is 0. The molecular weight excluding hydrogens is 178 g/mol. The molecule has 1 aromatic carbocycles. The second kappa shape index (κ2) is 3.88. The van der Waals surface area contributed by atoms with E-state index in [9.17, 15) is 10.1 Å². The molecule has 0 bridgehead atoms. The number of nitrogens with zero attached hydrogens (tertiary/aromatic N) is 1. The maximum Gasteiger partial charge on any atom is 0.269 e. The summed E-state index contributed by atoms with van der Waals surface area (Å²) in [7, 11) is 0. The molecule has 0 spiro atoms. The zero-order chi connectivity index (χ0) is 8.97. The van der Waals surface area contributed by atoms with E-state index in [1.807, 2.05) is 0 Å². The predicted molar refractivity (Wildman–Crippen MR) is 48.0 cm³/mol. The number of hydrogen-bond donors (Lipinski definition) is 0. The summed E-state index contributed by atoms with van der Waals surface area (Å²) in [5, 5.41) is 10.2. The van der Waals surface area contributed by atoms with Gasteiger partial charge in [0.2, 0.25) is 0 Å². The molecule has 1 rings (SSSR count). The molecule has 0 saturated heterocycles. The summed E-state index contributed by atoms with van der Waals surface area (Å²) < 4.78 is 0. The minimum atomic E-state index is -0.436. The van der Waals surface area contributed by atoms with E-state index < -0.39 is 4.92 Å². The second-order valence-electron chi connectivity index (χ2n) is 2.14. The molecule has 4 heteroatoms. The third-order valence-electron chi connectivity index (χ3n) is 1.36. The van der Waals surface area contributed by atoms with Gasteiger partial charge in [-0.2, -0.15) is 0 Å². The number of non-ortho nitro benzene ring substituents is 1. The van der Waals surface area contributed by atoms with Crippen LogP contribution in [0.1, 0.15) is 5.56 Å². The zero-order valence-corrected chi connectivity index (χ0v) is 6.86. The molecule has 0 aliphatic carbocycles. The van der Waals surface area contributed by atoms with Gasteiger partial charge in [0.1, 0.15) is 0 Å². The maximum absolute atomic E-state index is 10.2. The summed E-state index contributed by atoms with van der Waals surface area (Å²) in [5.41, 5.74) is 2.29. The highest BCUT2D eigenvalue weighted by Crippen LogP contribution is 2.12. The lowest BCUT2D eigenvalue weighted by atomic mass is 10.2. The SMILES string of the molecule is O=[N+]([O-])c1ccc(/C=C\Cl)cc1. The van der Waals surface area contributed by atoms with Crippen LogP contribution < -0.4 is 0 Å². The Labute approximate surface area is 74.4 Å². The summed E-state index contributed by atoms with van der Waals surface area (Å²) in [6, 6.07) is 6.15. The topological polar surface area (TPSA) is 43.1 Å². The van der Waals surface area contributed by atoms with Crippen LogP contribution in [0.4, 0.5) is 5.69 Å². The highest BCUT2D eigenvalue weighted by molar-refractivity contribution is 6.27. The van der Waals surface area contributed by atoms with Crippen LogP contribution in [0.15, 0.2) is 29.8 Å². The Morgan fingerprint density at radius 1 is 1.33 bits per heavy atom. The molecule has 0 amide bonds. The Morgan fingerprint density at radius 3 is 2.33 bits per heavy atom. The van der Waals surface area contributed by atoms with Gasteiger partial charge < -0.3 is 0 Å². The Morgan fingerprint density at radius 2 is 1.92 bits per heavy atom. The molecule has 0 fully saturated rings. The zero-order valence-electron chi connectivity index (χ0n) is 6.11. The van der Waals surface area contributed by atoms with Gasteiger partial charge in [-0.25, -0.2) is 0 Å². The molecule has 0 heterocycles. The van der Waals surface area contributed by atoms with Gasteiger partial charge >= 0.3 is 0 Å². The van der Waals surface area contributed by atoms with Gasteiger partial charge in [-0.05, 0) is 23.8 Å². The highest BCUT2D eigenvalue weighted by Gasteiger charge is 2.01. The maximum atomic E-state index is 10.2. The van der Waals surface area contributed by atoms with Crippen molar-refractivity contribution in [3.63, 3.8) is 0 Å². The molecule has 1 aromatic rings. The van der Waals surface area contributed by atoms with E-state index in [-0.39, 0.29) is 5.69 Å². The average Bonchev–Trinajstić information content (AvgIpc) is 2.06. The van der Waals surface area contributed by atoms with Crippen molar-refractivity contribution in [3.05, 3.63) is 45.5 Å². The Kier molecular flexibility index (Phi) is 2.82. The fourth-order valence-corrected chi connectivity index (χ4v) is 0.925. The molecule has 0 aliphatic heterocycles. The fraction of sp³-hybridized carbons (Fsp3) is 0. The highest BCUT2D eigenvalue weighted by atomic mass is 35.5. The summed E-state index contributed by atoms with van der Waals surface area (Å²) in [4.78, 5) is 9.80. The molecule has 0 N–H and O–H groups in total. The van der Waals surface area contributed by atoms with Crippen molar-refractivity contribution in [1.82, 2.24) is 0 Å². The first-order valence-electron chi connectivity index (χ1n) is 3.25. The van der Waals surface area contributed by atoms with Gasteiger partial charge in [-0.3, -0.25) is 10.1 Å². The van der Waals surface area contributed by atoms with E-state index in [2.05, 4.69) is 0 Å². The van der Waals surface area contributed by atoms with Crippen LogP contribution in [0.25, 0.3) is 6.08 Å². The Hall–Kier alpha value is -1.35. The molecule has 0 atom stereocenters. The fourth-order valence-electron chi connectivity index (χ4n) is 0.780.